The van der Waals surface area contributed by atoms with Crippen LogP contribution in [0.2, 0.25) is 0 Å². The summed E-state index contributed by atoms with van der Waals surface area (Å²) in [5.74, 6) is 5.25. The van der Waals surface area contributed by atoms with Crippen LogP contribution in [0, 0.1) is 17.7 Å². The van der Waals surface area contributed by atoms with Gasteiger partial charge in [-0.25, -0.2) is 4.39 Å². The summed E-state index contributed by atoms with van der Waals surface area (Å²) >= 11 is 0. The quantitative estimate of drug-likeness (QED) is 0.832. The molecule has 0 radical (unpaired) electrons. The third-order valence-corrected chi connectivity index (χ3v) is 2.76. The van der Waals surface area contributed by atoms with Crippen molar-refractivity contribution in [3.8, 4) is 17.6 Å². The van der Waals surface area contributed by atoms with E-state index in [1.807, 2.05) is 13.8 Å². The number of aliphatic hydroxyl groups is 1. The maximum atomic E-state index is 13.2. The third kappa shape index (κ3) is 5.29. The smallest absolute Gasteiger partial charge is 0.137 e. The van der Waals surface area contributed by atoms with Gasteiger partial charge in [0.1, 0.15) is 18.2 Å². The molecule has 3 nitrogen and oxygen atoms in total. The van der Waals surface area contributed by atoms with Crippen LogP contribution < -0.4 is 4.74 Å². The summed E-state index contributed by atoms with van der Waals surface area (Å²) in [6.45, 7) is 4.06. The monoisotopic (exact) mass is 266 g/mol. The van der Waals surface area contributed by atoms with Crippen LogP contribution in [0.4, 0.5) is 4.39 Å². The third-order valence-electron chi connectivity index (χ3n) is 2.76. The highest BCUT2D eigenvalue weighted by molar-refractivity contribution is 5.46. The fourth-order valence-electron chi connectivity index (χ4n) is 1.36. The predicted molar refractivity (Wildman–Crippen MR) is 71.6 cm³/mol. The van der Waals surface area contributed by atoms with Gasteiger partial charge in [0, 0.05) is 19.6 Å². The molecule has 0 atom stereocenters. The van der Waals surface area contributed by atoms with Gasteiger partial charge in [-0.2, -0.15) is 0 Å². The molecule has 1 rings (SSSR count). The van der Waals surface area contributed by atoms with Gasteiger partial charge in [0.25, 0.3) is 0 Å². The molecule has 104 valence electrons. The summed E-state index contributed by atoms with van der Waals surface area (Å²) in [4.78, 5) is 0. The minimum atomic E-state index is -0.379. The van der Waals surface area contributed by atoms with E-state index in [0.29, 0.717) is 24.3 Å². The van der Waals surface area contributed by atoms with Gasteiger partial charge in [-0.05, 0) is 26.0 Å². The van der Waals surface area contributed by atoms with Crippen LogP contribution in [0.15, 0.2) is 18.2 Å². The fraction of sp³-hybridized carbons (Fsp3) is 0.467. The van der Waals surface area contributed by atoms with E-state index in [0.717, 1.165) is 0 Å². The first-order valence-corrected chi connectivity index (χ1v) is 6.06. The summed E-state index contributed by atoms with van der Waals surface area (Å²) in [6, 6.07) is 4.14. The Labute approximate surface area is 113 Å². The zero-order valence-electron chi connectivity index (χ0n) is 11.5. The lowest BCUT2D eigenvalue weighted by molar-refractivity contribution is 0.00541. The first-order chi connectivity index (χ1) is 8.98. The minimum Gasteiger partial charge on any atom is -0.492 e. The molecule has 4 heteroatoms. The van der Waals surface area contributed by atoms with Gasteiger partial charge in [0.05, 0.1) is 17.8 Å². The van der Waals surface area contributed by atoms with E-state index in [4.69, 9.17) is 14.6 Å². The molecule has 0 saturated carbocycles. The van der Waals surface area contributed by atoms with Crippen molar-refractivity contribution in [3.05, 3.63) is 29.6 Å². The lowest BCUT2D eigenvalue weighted by atomic mass is 10.1. The Morgan fingerprint density at radius 3 is 2.74 bits per heavy atom. The van der Waals surface area contributed by atoms with Gasteiger partial charge in [-0.1, -0.05) is 11.8 Å². The maximum Gasteiger partial charge on any atom is 0.137 e. The summed E-state index contributed by atoms with van der Waals surface area (Å²) < 4.78 is 24.0. The summed E-state index contributed by atoms with van der Waals surface area (Å²) in [5, 5.41) is 8.68. The summed E-state index contributed by atoms with van der Waals surface area (Å²) in [5.41, 5.74) is 0.273. The maximum absolute atomic E-state index is 13.2. The molecular formula is C15H19FO3. The Kier molecular flexibility index (Phi) is 5.81. The molecule has 1 aromatic rings. The number of benzene rings is 1. The molecule has 0 spiro atoms. The van der Waals surface area contributed by atoms with Crippen LogP contribution in [-0.2, 0) is 4.74 Å². The molecule has 0 amide bonds. The number of rotatable bonds is 5. The van der Waals surface area contributed by atoms with Crippen molar-refractivity contribution in [2.75, 3.05) is 20.3 Å². The topological polar surface area (TPSA) is 38.7 Å². The van der Waals surface area contributed by atoms with Gasteiger partial charge in [-0.15, -0.1) is 0 Å². The van der Waals surface area contributed by atoms with E-state index in [1.54, 1.807) is 7.11 Å². The summed E-state index contributed by atoms with van der Waals surface area (Å²) in [6.07, 6.45) is 0.673. The highest BCUT2D eigenvalue weighted by Gasteiger charge is 2.16. The van der Waals surface area contributed by atoms with Gasteiger partial charge in [0.2, 0.25) is 0 Å². The Morgan fingerprint density at radius 2 is 2.11 bits per heavy atom. The van der Waals surface area contributed by atoms with E-state index >= 15 is 0 Å². The second-order valence-corrected chi connectivity index (χ2v) is 4.66. The predicted octanol–water partition coefficient (Wildman–Crippen LogP) is 2.36. The standard InChI is InChI=1S/C15H19FO3/c1-15(2,18-3)8-10-19-14-11-13(16)7-6-12(14)5-4-9-17/h6-7,11,17H,8-10H2,1-3H3. The Bertz CT molecular complexity index is 472. The molecule has 0 aromatic heterocycles. The molecule has 0 unspecified atom stereocenters. The van der Waals surface area contributed by atoms with E-state index in [-0.39, 0.29) is 18.0 Å². The van der Waals surface area contributed by atoms with E-state index in [2.05, 4.69) is 11.8 Å². The van der Waals surface area contributed by atoms with Gasteiger partial charge in [-0.3, -0.25) is 0 Å². The highest BCUT2D eigenvalue weighted by atomic mass is 19.1. The molecule has 0 aliphatic rings. The number of methoxy groups -OCH3 is 1. The van der Waals surface area contributed by atoms with Crippen LogP contribution in [0.5, 0.6) is 5.75 Å². The largest absolute Gasteiger partial charge is 0.492 e. The first-order valence-electron chi connectivity index (χ1n) is 6.06. The molecule has 0 aliphatic carbocycles. The Morgan fingerprint density at radius 1 is 1.37 bits per heavy atom. The molecule has 0 aliphatic heterocycles. The van der Waals surface area contributed by atoms with Gasteiger partial charge >= 0.3 is 0 Å². The molecule has 0 saturated heterocycles. The second kappa shape index (κ2) is 7.13. The number of ether oxygens (including phenoxy) is 2. The summed E-state index contributed by atoms with van der Waals surface area (Å²) in [7, 11) is 1.64. The van der Waals surface area contributed by atoms with Gasteiger partial charge < -0.3 is 14.6 Å². The average Bonchev–Trinajstić information content (AvgIpc) is 2.38. The van der Waals surface area contributed by atoms with Crippen molar-refractivity contribution in [3.63, 3.8) is 0 Å². The van der Waals surface area contributed by atoms with Crippen molar-refractivity contribution in [2.45, 2.75) is 25.9 Å². The van der Waals surface area contributed by atoms with Crippen molar-refractivity contribution < 1.29 is 19.0 Å². The van der Waals surface area contributed by atoms with E-state index in [1.165, 1.54) is 18.2 Å². The number of hydrogen-bond acceptors (Lipinski definition) is 3. The van der Waals surface area contributed by atoms with Crippen molar-refractivity contribution in [1.29, 1.82) is 0 Å². The highest BCUT2D eigenvalue weighted by Crippen LogP contribution is 2.21. The number of aliphatic hydroxyl groups excluding tert-OH is 1. The van der Waals surface area contributed by atoms with Crippen LogP contribution in [0.3, 0.4) is 0 Å². The van der Waals surface area contributed by atoms with Crippen molar-refractivity contribution in [1.82, 2.24) is 0 Å². The Hall–Kier alpha value is -1.57. The fourth-order valence-corrected chi connectivity index (χ4v) is 1.36. The second-order valence-electron chi connectivity index (χ2n) is 4.66. The van der Waals surface area contributed by atoms with Crippen LogP contribution >= 0.6 is 0 Å². The molecule has 1 N–H and O–H groups in total. The minimum absolute atomic E-state index is 0.243. The van der Waals surface area contributed by atoms with Crippen molar-refractivity contribution in [2.24, 2.45) is 0 Å². The molecule has 1 aromatic carbocycles. The normalized spacial score (nSPS) is 10.8. The van der Waals surface area contributed by atoms with Crippen LogP contribution in [0.1, 0.15) is 25.8 Å². The lowest BCUT2D eigenvalue weighted by Crippen LogP contribution is -2.25. The molecule has 0 fully saturated rings. The molecule has 19 heavy (non-hydrogen) atoms. The van der Waals surface area contributed by atoms with E-state index < -0.39 is 0 Å². The van der Waals surface area contributed by atoms with Gasteiger partial charge in [0.15, 0.2) is 0 Å². The zero-order valence-corrected chi connectivity index (χ0v) is 11.5. The van der Waals surface area contributed by atoms with Crippen LogP contribution in [-0.4, -0.2) is 31.0 Å². The first kappa shape index (κ1) is 15.5. The Balaban J connectivity index is 2.73. The zero-order chi connectivity index (χ0) is 14.3. The SMILES string of the molecule is COC(C)(C)CCOc1cc(F)ccc1C#CCO. The van der Waals surface area contributed by atoms with Crippen molar-refractivity contribution >= 4 is 0 Å². The van der Waals surface area contributed by atoms with Crippen LogP contribution in [0.25, 0.3) is 0 Å². The molecule has 0 heterocycles. The number of halogens is 1. The average molecular weight is 266 g/mol. The number of hydrogen-bond donors (Lipinski definition) is 1. The lowest BCUT2D eigenvalue weighted by Gasteiger charge is -2.22. The molecular weight excluding hydrogens is 247 g/mol. The van der Waals surface area contributed by atoms with E-state index in [9.17, 15) is 4.39 Å². The molecule has 0 bridgehead atoms.